The number of carbonyl (C=O) groups is 2. The Morgan fingerprint density at radius 1 is 0.966 bits per heavy atom. The molecule has 0 radical (unpaired) electrons. The fourth-order valence-corrected chi connectivity index (χ4v) is 3.81. The van der Waals surface area contributed by atoms with E-state index in [1.54, 1.807) is 41.8 Å². The number of hydrogen-bond donors (Lipinski definition) is 2. The number of thioether (sulfide) groups is 1. The van der Waals surface area contributed by atoms with Gasteiger partial charge in [-0.1, -0.05) is 24.3 Å². The van der Waals surface area contributed by atoms with Crippen molar-refractivity contribution in [2.24, 2.45) is 0 Å². The fraction of sp³-hybridized carbons (Fsp3) is 0.100. The van der Waals surface area contributed by atoms with Crippen LogP contribution in [0.1, 0.15) is 15.2 Å². The Kier molecular flexibility index (Phi) is 6.60. The van der Waals surface area contributed by atoms with Crippen molar-refractivity contribution < 1.29 is 22.8 Å². The molecule has 3 rings (SSSR count). The van der Waals surface area contributed by atoms with E-state index >= 15 is 0 Å². The number of alkyl halides is 3. The minimum atomic E-state index is -4.55. The zero-order valence-corrected chi connectivity index (χ0v) is 16.5. The van der Waals surface area contributed by atoms with Crippen LogP contribution in [0, 0.1) is 0 Å². The quantitative estimate of drug-likeness (QED) is 0.484. The third-order valence-corrected chi connectivity index (χ3v) is 5.58. The van der Waals surface area contributed by atoms with E-state index in [9.17, 15) is 22.8 Å². The first-order chi connectivity index (χ1) is 13.8. The van der Waals surface area contributed by atoms with Gasteiger partial charge in [-0.3, -0.25) is 9.59 Å². The molecule has 150 valence electrons. The normalized spacial score (nSPS) is 11.1. The number of hydrogen-bond acceptors (Lipinski definition) is 4. The van der Waals surface area contributed by atoms with Gasteiger partial charge in [0.15, 0.2) is 0 Å². The highest BCUT2D eigenvalue weighted by Crippen LogP contribution is 2.34. The van der Waals surface area contributed by atoms with E-state index in [1.807, 2.05) is 0 Å². The van der Waals surface area contributed by atoms with Gasteiger partial charge in [0.25, 0.3) is 5.91 Å². The molecule has 9 heteroatoms. The Hall–Kier alpha value is -2.78. The standard InChI is InChI=1S/C20H15F3N2O2S2/c21-20(22,23)15-7-1-2-8-16(15)25-18(26)12-29-14-6-3-5-13(11-14)24-19(27)17-9-4-10-28-17/h1-11H,12H2,(H,24,27)(H,25,26). The van der Waals surface area contributed by atoms with Gasteiger partial charge in [0.1, 0.15) is 0 Å². The van der Waals surface area contributed by atoms with E-state index in [0.717, 1.165) is 17.8 Å². The molecule has 0 saturated carbocycles. The number of para-hydroxylation sites is 1. The van der Waals surface area contributed by atoms with Gasteiger partial charge < -0.3 is 10.6 Å². The van der Waals surface area contributed by atoms with Crippen molar-refractivity contribution in [3.8, 4) is 0 Å². The molecule has 0 aliphatic carbocycles. The third-order valence-electron chi connectivity index (χ3n) is 3.71. The van der Waals surface area contributed by atoms with Gasteiger partial charge in [-0.05, 0) is 41.8 Å². The number of anilines is 2. The number of amides is 2. The molecule has 0 aliphatic heterocycles. The van der Waals surface area contributed by atoms with Gasteiger partial charge in [-0.2, -0.15) is 13.2 Å². The minimum Gasteiger partial charge on any atom is -0.325 e. The summed E-state index contributed by atoms with van der Waals surface area (Å²) in [5.74, 6) is -0.863. The molecule has 0 spiro atoms. The first-order valence-corrected chi connectivity index (χ1v) is 10.2. The van der Waals surface area contributed by atoms with Crippen LogP contribution >= 0.6 is 23.1 Å². The van der Waals surface area contributed by atoms with Gasteiger partial charge >= 0.3 is 6.18 Å². The second-order valence-electron chi connectivity index (χ2n) is 5.84. The molecule has 0 saturated heterocycles. The number of nitrogens with one attached hydrogen (secondary N) is 2. The lowest BCUT2D eigenvalue weighted by molar-refractivity contribution is -0.137. The summed E-state index contributed by atoms with van der Waals surface area (Å²) < 4.78 is 39.0. The molecule has 29 heavy (non-hydrogen) atoms. The molecule has 2 aromatic carbocycles. The molecular formula is C20H15F3N2O2S2. The van der Waals surface area contributed by atoms with E-state index in [0.29, 0.717) is 15.5 Å². The summed E-state index contributed by atoms with van der Waals surface area (Å²) in [6.45, 7) is 0. The molecule has 1 aromatic heterocycles. The molecule has 2 amide bonds. The molecule has 4 nitrogen and oxygen atoms in total. The first kappa shape index (κ1) is 20.9. The average molecular weight is 436 g/mol. The summed E-state index contributed by atoms with van der Waals surface area (Å²) >= 11 is 2.48. The van der Waals surface area contributed by atoms with Crippen molar-refractivity contribution >= 4 is 46.3 Å². The lowest BCUT2D eigenvalue weighted by Gasteiger charge is -2.13. The predicted molar refractivity (Wildman–Crippen MR) is 110 cm³/mol. The van der Waals surface area contributed by atoms with E-state index in [1.165, 1.54) is 29.5 Å². The highest BCUT2D eigenvalue weighted by Gasteiger charge is 2.33. The second kappa shape index (κ2) is 9.15. The van der Waals surface area contributed by atoms with Crippen molar-refractivity contribution in [3.63, 3.8) is 0 Å². The molecule has 1 heterocycles. The number of carbonyl (C=O) groups excluding carboxylic acids is 2. The molecule has 0 fully saturated rings. The van der Waals surface area contributed by atoms with Crippen LogP contribution < -0.4 is 10.6 Å². The maximum atomic E-state index is 13.0. The van der Waals surface area contributed by atoms with Crippen molar-refractivity contribution in [1.29, 1.82) is 0 Å². The van der Waals surface area contributed by atoms with Crippen molar-refractivity contribution in [1.82, 2.24) is 0 Å². The van der Waals surface area contributed by atoms with Crippen LogP contribution in [-0.4, -0.2) is 17.6 Å². The molecule has 0 aliphatic rings. The maximum absolute atomic E-state index is 13.0. The lowest BCUT2D eigenvalue weighted by Crippen LogP contribution is -2.18. The van der Waals surface area contributed by atoms with Gasteiger partial charge in [0.2, 0.25) is 5.91 Å². The fourth-order valence-electron chi connectivity index (χ4n) is 2.44. The molecule has 0 unspecified atom stereocenters. The molecule has 0 atom stereocenters. The van der Waals surface area contributed by atoms with Gasteiger partial charge in [-0.25, -0.2) is 0 Å². The van der Waals surface area contributed by atoms with Crippen LogP contribution in [0.4, 0.5) is 24.5 Å². The molecule has 2 N–H and O–H groups in total. The number of halogens is 3. The van der Waals surface area contributed by atoms with Crippen LogP contribution in [0.15, 0.2) is 70.9 Å². The van der Waals surface area contributed by atoms with Crippen LogP contribution in [0.25, 0.3) is 0 Å². The Morgan fingerprint density at radius 3 is 2.48 bits per heavy atom. The summed E-state index contributed by atoms with van der Waals surface area (Å²) in [4.78, 5) is 25.5. The minimum absolute atomic E-state index is 0.0749. The third kappa shape index (κ3) is 5.85. The molecular weight excluding hydrogens is 421 g/mol. The highest BCUT2D eigenvalue weighted by atomic mass is 32.2. The predicted octanol–water partition coefficient (Wildman–Crippen LogP) is 5.75. The number of benzene rings is 2. The van der Waals surface area contributed by atoms with E-state index < -0.39 is 17.6 Å². The Labute approximate surface area is 173 Å². The van der Waals surface area contributed by atoms with Crippen LogP contribution in [0.2, 0.25) is 0 Å². The summed E-state index contributed by atoms with van der Waals surface area (Å²) in [6.07, 6.45) is -4.55. The summed E-state index contributed by atoms with van der Waals surface area (Å²) in [6, 6.07) is 15.2. The first-order valence-electron chi connectivity index (χ1n) is 8.37. The van der Waals surface area contributed by atoms with Crippen LogP contribution in [-0.2, 0) is 11.0 Å². The zero-order valence-electron chi connectivity index (χ0n) is 14.8. The highest BCUT2D eigenvalue weighted by molar-refractivity contribution is 8.00. The topological polar surface area (TPSA) is 58.2 Å². The van der Waals surface area contributed by atoms with E-state index in [4.69, 9.17) is 0 Å². The zero-order chi connectivity index (χ0) is 20.9. The largest absolute Gasteiger partial charge is 0.418 e. The van der Waals surface area contributed by atoms with Crippen LogP contribution in [0.3, 0.4) is 0 Å². The van der Waals surface area contributed by atoms with Crippen molar-refractivity contribution in [3.05, 3.63) is 76.5 Å². The molecule has 0 bridgehead atoms. The monoisotopic (exact) mass is 436 g/mol. The van der Waals surface area contributed by atoms with Gasteiger partial charge in [-0.15, -0.1) is 23.1 Å². The van der Waals surface area contributed by atoms with E-state index in [2.05, 4.69) is 10.6 Å². The smallest absolute Gasteiger partial charge is 0.325 e. The SMILES string of the molecule is O=C(CSc1cccc(NC(=O)c2cccs2)c1)Nc1ccccc1C(F)(F)F. The van der Waals surface area contributed by atoms with Crippen molar-refractivity contribution in [2.45, 2.75) is 11.1 Å². The summed E-state index contributed by atoms with van der Waals surface area (Å²) in [7, 11) is 0. The summed E-state index contributed by atoms with van der Waals surface area (Å²) in [5.41, 5.74) is -0.601. The van der Waals surface area contributed by atoms with E-state index in [-0.39, 0.29) is 17.3 Å². The lowest BCUT2D eigenvalue weighted by atomic mass is 10.1. The van der Waals surface area contributed by atoms with Gasteiger partial charge in [0.05, 0.1) is 21.9 Å². The average Bonchev–Trinajstić information content (AvgIpc) is 3.21. The number of rotatable bonds is 6. The second-order valence-corrected chi connectivity index (χ2v) is 7.84. The number of thiophene rings is 1. The maximum Gasteiger partial charge on any atom is 0.418 e. The molecule has 3 aromatic rings. The Bertz CT molecular complexity index is 1000. The summed E-state index contributed by atoms with van der Waals surface area (Å²) in [5, 5.41) is 6.88. The van der Waals surface area contributed by atoms with Gasteiger partial charge in [0, 0.05) is 10.6 Å². The van der Waals surface area contributed by atoms with Crippen LogP contribution in [0.5, 0.6) is 0 Å². The van der Waals surface area contributed by atoms with Crippen molar-refractivity contribution in [2.75, 3.05) is 16.4 Å². The Morgan fingerprint density at radius 2 is 1.76 bits per heavy atom. The Balaban J connectivity index is 1.59.